The van der Waals surface area contributed by atoms with Crippen LogP contribution in [0.1, 0.15) is 17.3 Å². The van der Waals surface area contributed by atoms with Crippen LogP contribution in [0.2, 0.25) is 0 Å². The minimum Gasteiger partial charge on any atom is -0.489 e. The standard InChI is InChI=1S/C23H22N2O3S2/c26-30(27)22-9-5-4-8-21(22)24-23(25(30)14-17-6-2-1-3-7-17)18-10-12-19(13-11-18)28-20-15-29-16-20/h1-13,20,23-24H,14-16H2/t23-/m0/s1. The second kappa shape index (κ2) is 7.98. The molecule has 1 fully saturated rings. The molecular formula is C23H22N2O3S2. The monoisotopic (exact) mass is 438 g/mol. The second-order valence-electron chi connectivity index (χ2n) is 7.43. The van der Waals surface area contributed by atoms with Gasteiger partial charge in [-0.2, -0.15) is 16.1 Å². The fourth-order valence-corrected chi connectivity index (χ4v) is 5.93. The Morgan fingerprint density at radius 1 is 0.933 bits per heavy atom. The van der Waals surface area contributed by atoms with Gasteiger partial charge < -0.3 is 10.1 Å². The van der Waals surface area contributed by atoms with Gasteiger partial charge in [-0.3, -0.25) is 0 Å². The molecule has 30 heavy (non-hydrogen) atoms. The van der Waals surface area contributed by atoms with E-state index in [1.807, 2.05) is 78.5 Å². The van der Waals surface area contributed by atoms with E-state index in [0.29, 0.717) is 10.6 Å². The Morgan fingerprint density at radius 3 is 2.33 bits per heavy atom. The van der Waals surface area contributed by atoms with E-state index in [4.69, 9.17) is 4.74 Å². The summed E-state index contributed by atoms with van der Waals surface area (Å²) in [5.74, 6) is 2.86. The van der Waals surface area contributed by atoms with Crippen molar-refractivity contribution in [3.05, 3.63) is 90.0 Å². The average Bonchev–Trinajstić information content (AvgIpc) is 2.74. The first kappa shape index (κ1) is 19.5. The Bertz CT molecular complexity index is 1130. The fourth-order valence-electron chi connectivity index (χ4n) is 3.69. The smallest absolute Gasteiger partial charge is 0.247 e. The second-order valence-corrected chi connectivity index (χ2v) is 10.4. The normalized spacial score (nSPS) is 20.6. The molecule has 0 spiro atoms. The third-order valence-corrected chi connectivity index (χ3v) is 8.43. The summed E-state index contributed by atoms with van der Waals surface area (Å²) in [6.45, 7) is 0.284. The molecule has 1 atom stereocenters. The minimum absolute atomic E-state index is 0.274. The van der Waals surface area contributed by atoms with Crippen LogP contribution in [0.25, 0.3) is 0 Å². The van der Waals surface area contributed by atoms with E-state index in [-0.39, 0.29) is 12.6 Å². The van der Waals surface area contributed by atoms with Gasteiger partial charge in [-0.1, -0.05) is 54.6 Å². The Hall–Kier alpha value is -2.48. The molecule has 0 bridgehead atoms. The third kappa shape index (κ3) is 3.69. The van der Waals surface area contributed by atoms with E-state index in [0.717, 1.165) is 28.4 Å². The molecular weight excluding hydrogens is 416 g/mol. The van der Waals surface area contributed by atoms with Crippen molar-refractivity contribution in [2.24, 2.45) is 0 Å². The van der Waals surface area contributed by atoms with Gasteiger partial charge in [0.15, 0.2) is 0 Å². The molecule has 7 heteroatoms. The highest BCUT2D eigenvalue weighted by Crippen LogP contribution is 2.39. The molecule has 0 aliphatic carbocycles. The lowest BCUT2D eigenvalue weighted by Gasteiger charge is -2.37. The van der Waals surface area contributed by atoms with E-state index in [1.54, 1.807) is 12.1 Å². The zero-order valence-corrected chi connectivity index (χ0v) is 17.9. The van der Waals surface area contributed by atoms with Gasteiger partial charge in [-0.15, -0.1) is 0 Å². The van der Waals surface area contributed by atoms with Gasteiger partial charge in [-0.05, 0) is 35.4 Å². The summed E-state index contributed by atoms with van der Waals surface area (Å²) in [4.78, 5) is 0.305. The van der Waals surface area contributed by atoms with Crippen molar-refractivity contribution in [1.82, 2.24) is 4.31 Å². The van der Waals surface area contributed by atoms with Gasteiger partial charge in [-0.25, -0.2) is 8.42 Å². The molecule has 2 aliphatic heterocycles. The molecule has 0 saturated carbocycles. The number of para-hydroxylation sites is 1. The number of thioether (sulfide) groups is 1. The molecule has 2 heterocycles. The maximum atomic E-state index is 13.5. The van der Waals surface area contributed by atoms with Gasteiger partial charge in [0.25, 0.3) is 0 Å². The van der Waals surface area contributed by atoms with E-state index in [2.05, 4.69) is 5.32 Å². The van der Waals surface area contributed by atoms with Crippen LogP contribution in [0.3, 0.4) is 0 Å². The van der Waals surface area contributed by atoms with Gasteiger partial charge in [0.1, 0.15) is 22.9 Å². The molecule has 5 rings (SSSR count). The third-order valence-electron chi connectivity index (χ3n) is 5.34. The van der Waals surface area contributed by atoms with E-state index < -0.39 is 16.2 Å². The molecule has 1 saturated heterocycles. The Labute approximate surface area is 181 Å². The highest BCUT2D eigenvalue weighted by atomic mass is 32.2. The molecule has 0 aromatic heterocycles. The van der Waals surface area contributed by atoms with Crippen LogP contribution >= 0.6 is 11.8 Å². The van der Waals surface area contributed by atoms with E-state index >= 15 is 0 Å². The summed E-state index contributed by atoms with van der Waals surface area (Å²) in [7, 11) is -3.67. The summed E-state index contributed by atoms with van der Waals surface area (Å²) in [6.07, 6.45) is -0.228. The zero-order chi connectivity index (χ0) is 20.6. The number of benzene rings is 3. The number of hydrogen-bond donors (Lipinski definition) is 1. The van der Waals surface area contributed by atoms with Crippen molar-refractivity contribution in [3.8, 4) is 5.75 Å². The van der Waals surface area contributed by atoms with Crippen molar-refractivity contribution in [2.45, 2.75) is 23.7 Å². The van der Waals surface area contributed by atoms with Crippen LogP contribution in [0.4, 0.5) is 5.69 Å². The fraction of sp³-hybridized carbons (Fsp3) is 0.217. The predicted molar refractivity (Wildman–Crippen MR) is 120 cm³/mol. The highest BCUT2D eigenvalue weighted by Gasteiger charge is 2.38. The van der Waals surface area contributed by atoms with Crippen LogP contribution in [0.15, 0.2) is 83.8 Å². The lowest BCUT2D eigenvalue weighted by Crippen LogP contribution is -2.42. The molecule has 154 valence electrons. The van der Waals surface area contributed by atoms with Crippen LogP contribution in [-0.2, 0) is 16.6 Å². The number of hydrogen-bond acceptors (Lipinski definition) is 5. The first-order valence-corrected chi connectivity index (χ1v) is 12.5. The van der Waals surface area contributed by atoms with Crippen molar-refractivity contribution in [3.63, 3.8) is 0 Å². The number of nitrogens with one attached hydrogen (secondary N) is 1. The van der Waals surface area contributed by atoms with Crippen molar-refractivity contribution >= 4 is 27.5 Å². The number of anilines is 1. The van der Waals surface area contributed by atoms with Gasteiger partial charge in [0.05, 0.1) is 5.69 Å². The largest absolute Gasteiger partial charge is 0.489 e. The van der Waals surface area contributed by atoms with Gasteiger partial charge >= 0.3 is 0 Å². The maximum absolute atomic E-state index is 13.5. The Morgan fingerprint density at radius 2 is 1.63 bits per heavy atom. The predicted octanol–water partition coefficient (Wildman–Crippen LogP) is 4.50. The lowest BCUT2D eigenvalue weighted by atomic mass is 10.1. The molecule has 5 nitrogen and oxygen atoms in total. The Balaban J connectivity index is 1.50. The van der Waals surface area contributed by atoms with Crippen molar-refractivity contribution < 1.29 is 13.2 Å². The first-order valence-electron chi connectivity index (χ1n) is 9.87. The lowest BCUT2D eigenvalue weighted by molar-refractivity contribution is 0.240. The Kier molecular flexibility index (Phi) is 5.18. The van der Waals surface area contributed by atoms with Crippen molar-refractivity contribution in [2.75, 3.05) is 16.8 Å². The molecule has 0 radical (unpaired) electrons. The molecule has 0 unspecified atom stereocenters. The molecule has 3 aromatic rings. The molecule has 0 amide bonds. The molecule has 3 aromatic carbocycles. The number of rotatable bonds is 5. The summed E-state index contributed by atoms with van der Waals surface area (Å²) in [5.41, 5.74) is 2.44. The van der Waals surface area contributed by atoms with Crippen LogP contribution < -0.4 is 10.1 Å². The zero-order valence-electron chi connectivity index (χ0n) is 16.3. The number of fused-ring (bicyclic) bond motifs is 1. The summed E-state index contributed by atoms with van der Waals surface area (Å²) in [5, 5.41) is 3.42. The molecule has 2 aliphatic rings. The topological polar surface area (TPSA) is 58.6 Å². The van der Waals surface area contributed by atoms with Crippen LogP contribution in [-0.4, -0.2) is 30.3 Å². The number of ether oxygens (including phenoxy) is 1. The maximum Gasteiger partial charge on any atom is 0.247 e. The van der Waals surface area contributed by atoms with Gasteiger partial charge in [0.2, 0.25) is 10.0 Å². The average molecular weight is 439 g/mol. The summed E-state index contributed by atoms with van der Waals surface area (Å²) >= 11 is 1.88. The molecule has 1 N–H and O–H groups in total. The number of sulfonamides is 1. The van der Waals surface area contributed by atoms with E-state index in [9.17, 15) is 8.42 Å². The number of nitrogens with zero attached hydrogens (tertiary/aromatic N) is 1. The first-order chi connectivity index (χ1) is 14.6. The van der Waals surface area contributed by atoms with Crippen LogP contribution in [0.5, 0.6) is 5.75 Å². The SMILES string of the molecule is O=S1(=O)c2ccccc2N[C@H](c2ccc(OC3CSC3)cc2)N1Cc1ccccc1. The summed E-state index contributed by atoms with van der Waals surface area (Å²) < 4.78 is 34.5. The van der Waals surface area contributed by atoms with E-state index in [1.165, 1.54) is 4.31 Å². The minimum atomic E-state index is -3.67. The highest BCUT2D eigenvalue weighted by molar-refractivity contribution is 8.00. The van der Waals surface area contributed by atoms with Crippen LogP contribution in [0, 0.1) is 0 Å². The van der Waals surface area contributed by atoms with Gasteiger partial charge in [0, 0.05) is 18.1 Å². The van der Waals surface area contributed by atoms with Crippen molar-refractivity contribution in [1.29, 1.82) is 0 Å². The quantitative estimate of drug-likeness (QED) is 0.636. The summed E-state index contributed by atoms with van der Waals surface area (Å²) in [6, 6.07) is 24.5.